The second-order valence-electron chi connectivity index (χ2n) is 12.5. The van der Waals surface area contributed by atoms with Gasteiger partial charge in [-0.25, -0.2) is 15.0 Å². The van der Waals surface area contributed by atoms with E-state index in [1.807, 2.05) is 72.9 Å². The van der Waals surface area contributed by atoms with Gasteiger partial charge in [-0.15, -0.1) is 0 Å². The van der Waals surface area contributed by atoms with Crippen LogP contribution in [-0.4, -0.2) is 24.5 Å². The number of hydrogen-bond acceptors (Lipinski definition) is 4. The molecule has 3 aromatic heterocycles. The summed E-state index contributed by atoms with van der Waals surface area (Å²) in [7, 11) is 0. The van der Waals surface area contributed by atoms with E-state index >= 15 is 0 Å². The van der Waals surface area contributed by atoms with Gasteiger partial charge >= 0.3 is 0 Å². The molecule has 236 valence electrons. The van der Waals surface area contributed by atoms with E-state index in [4.69, 9.17) is 15.0 Å². The van der Waals surface area contributed by atoms with Crippen molar-refractivity contribution in [1.29, 1.82) is 0 Å². The van der Waals surface area contributed by atoms with Crippen LogP contribution in [0.1, 0.15) is 5.56 Å². The molecular weight excluding hydrogens is 611 g/mol. The number of hydrogen-bond donors (Lipinski definition) is 0. The first-order valence-corrected chi connectivity index (χ1v) is 16.7. The lowest BCUT2D eigenvalue weighted by Crippen LogP contribution is -2.04. The summed E-state index contributed by atoms with van der Waals surface area (Å²) in [4.78, 5) is 19.7. The van der Waals surface area contributed by atoms with Gasteiger partial charge in [0.05, 0.1) is 16.7 Å². The molecule has 0 fully saturated rings. The third kappa shape index (κ3) is 5.31. The van der Waals surface area contributed by atoms with E-state index in [1.54, 1.807) is 6.20 Å². The number of pyridine rings is 1. The Hall–Kier alpha value is -6.72. The maximum atomic E-state index is 5.18. The van der Waals surface area contributed by atoms with Crippen molar-refractivity contribution in [3.05, 3.63) is 176 Å². The van der Waals surface area contributed by atoms with E-state index < -0.39 is 0 Å². The normalized spacial score (nSPS) is 11.3. The highest BCUT2D eigenvalue weighted by Gasteiger charge is 2.20. The summed E-state index contributed by atoms with van der Waals surface area (Å²) < 4.78 is 2.35. The zero-order valence-corrected chi connectivity index (χ0v) is 27.4. The minimum atomic E-state index is 0.598. The highest BCUT2D eigenvalue weighted by Crippen LogP contribution is 2.39. The van der Waals surface area contributed by atoms with Gasteiger partial charge in [0.2, 0.25) is 0 Å². The molecule has 5 nitrogen and oxygen atoms in total. The zero-order valence-electron chi connectivity index (χ0n) is 27.4. The van der Waals surface area contributed by atoms with E-state index in [2.05, 4.69) is 107 Å². The summed E-state index contributed by atoms with van der Waals surface area (Å²) in [6.45, 7) is 2.14. The first-order chi connectivity index (χ1) is 24.7. The van der Waals surface area contributed by atoms with Crippen molar-refractivity contribution in [2.24, 2.45) is 0 Å². The molecule has 9 aromatic rings. The molecule has 0 aliphatic heterocycles. The Balaban J connectivity index is 1.33. The van der Waals surface area contributed by atoms with Crippen LogP contribution in [-0.2, 0) is 0 Å². The molecule has 0 aliphatic rings. The first-order valence-electron chi connectivity index (χ1n) is 16.7. The quantitative estimate of drug-likeness (QED) is 0.181. The van der Waals surface area contributed by atoms with Crippen LogP contribution in [0.2, 0.25) is 0 Å². The molecule has 0 N–H and O–H groups in total. The van der Waals surface area contributed by atoms with E-state index in [0.29, 0.717) is 17.5 Å². The molecule has 50 heavy (non-hydrogen) atoms. The van der Waals surface area contributed by atoms with Crippen LogP contribution in [0.5, 0.6) is 0 Å². The lowest BCUT2D eigenvalue weighted by atomic mass is 10.0. The first kappa shape index (κ1) is 29.4. The maximum Gasteiger partial charge on any atom is 0.166 e. The van der Waals surface area contributed by atoms with Crippen molar-refractivity contribution in [3.8, 4) is 62.1 Å². The average molecular weight is 642 g/mol. The molecule has 0 saturated heterocycles. The number of benzene rings is 6. The monoisotopic (exact) mass is 641 g/mol. The summed E-state index contributed by atoms with van der Waals surface area (Å²) in [5.41, 5.74) is 11.6. The van der Waals surface area contributed by atoms with Crippen molar-refractivity contribution >= 4 is 21.8 Å². The van der Waals surface area contributed by atoms with Crippen LogP contribution in [0, 0.1) is 6.92 Å². The fourth-order valence-corrected chi connectivity index (χ4v) is 6.79. The molecule has 0 radical (unpaired) electrons. The molecule has 0 amide bonds. The average Bonchev–Trinajstić information content (AvgIpc) is 3.52. The van der Waals surface area contributed by atoms with Crippen molar-refractivity contribution in [2.75, 3.05) is 0 Å². The van der Waals surface area contributed by atoms with Gasteiger partial charge in [-0.05, 0) is 60.0 Å². The maximum absolute atomic E-state index is 5.18. The van der Waals surface area contributed by atoms with Crippen LogP contribution < -0.4 is 0 Å². The molecule has 0 spiro atoms. The van der Waals surface area contributed by atoms with Crippen molar-refractivity contribution in [3.63, 3.8) is 0 Å². The molecule has 6 aromatic carbocycles. The summed E-state index contributed by atoms with van der Waals surface area (Å²) in [5.74, 6) is 1.84. The van der Waals surface area contributed by atoms with Gasteiger partial charge in [0.15, 0.2) is 17.5 Å². The Kier molecular flexibility index (Phi) is 7.29. The number of aryl methyl sites for hydroxylation is 1. The van der Waals surface area contributed by atoms with Crippen LogP contribution in [0.25, 0.3) is 83.9 Å². The summed E-state index contributed by atoms with van der Waals surface area (Å²) >= 11 is 0. The highest BCUT2D eigenvalue weighted by atomic mass is 15.1. The van der Waals surface area contributed by atoms with Gasteiger partial charge in [-0.1, -0.05) is 127 Å². The van der Waals surface area contributed by atoms with Gasteiger partial charge in [-0.2, -0.15) is 0 Å². The highest BCUT2D eigenvalue weighted by molar-refractivity contribution is 6.11. The molecule has 0 aliphatic carbocycles. The number of rotatable bonds is 6. The Labute approximate surface area is 290 Å². The molecule has 0 bridgehead atoms. The van der Waals surface area contributed by atoms with E-state index in [-0.39, 0.29) is 0 Å². The van der Waals surface area contributed by atoms with Crippen LogP contribution in [0.3, 0.4) is 0 Å². The summed E-state index contributed by atoms with van der Waals surface area (Å²) in [6.07, 6.45) is 3.69. The molecular formula is C45H31N5. The van der Waals surface area contributed by atoms with Gasteiger partial charge in [0, 0.05) is 45.4 Å². The van der Waals surface area contributed by atoms with Gasteiger partial charge < -0.3 is 4.57 Å². The Morgan fingerprint density at radius 1 is 0.420 bits per heavy atom. The minimum Gasteiger partial charge on any atom is -0.309 e. The lowest BCUT2D eigenvalue weighted by Gasteiger charge is -2.16. The fourth-order valence-electron chi connectivity index (χ4n) is 6.79. The van der Waals surface area contributed by atoms with Crippen molar-refractivity contribution < 1.29 is 0 Å². The second-order valence-corrected chi connectivity index (χ2v) is 12.5. The number of nitrogens with zero attached hydrogens (tertiary/aromatic N) is 5. The number of para-hydroxylation sites is 1. The van der Waals surface area contributed by atoms with E-state index in [9.17, 15) is 0 Å². The van der Waals surface area contributed by atoms with Gasteiger partial charge in [0.1, 0.15) is 0 Å². The predicted molar refractivity (Wildman–Crippen MR) is 204 cm³/mol. The number of fused-ring (bicyclic) bond motifs is 3. The molecule has 0 atom stereocenters. The molecule has 3 heterocycles. The molecule has 5 heteroatoms. The van der Waals surface area contributed by atoms with Crippen LogP contribution in [0.4, 0.5) is 0 Å². The third-order valence-corrected chi connectivity index (χ3v) is 9.20. The van der Waals surface area contributed by atoms with Gasteiger partial charge in [0.25, 0.3) is 0 Å². The summed E-state index contributed by atoms with van der Waals surface area (Å²) in [5, 5.41) is 2.37. The van der Waals surface area contributed by atoms with E-state index in [1.165, 1.54) is 27.5 Å². The topological polar surface area (TPSA) is 56.5 Å². The Bertz CT molecular complexity index is 2590. The van der Waals surface area contributed by atoms with E-state index in [0.717, 1.165) is 44.5 Å². The van der Waals surface area contributed by atoms with Crippen LogP contribution >= 0.6 is 0 Å². The predicted octanol–water partition coefficient (Wildman–Crippen LogP) is 11.0. The van der Waals surface area contributed by atoms with Crippen molar-refractivity contribution in [2.45, 2.75) is 6.92 Å². The standard InChI is InChI=1S/C45H31N5/c1-30-12-10-17-33(26-30)34-21-23-41-38(27-34)37-19-8-9-20-40(37)50(41)42-24-22-35(36-18-11-25-46-29-36)28-39(42)45-48-43(31-13-4-2-5-14-31)47-44(49-45)32-15-6-3-7-16-32/h2-29H,1H3. The fraction of sp³-hybridized carbons (Fsp3) is 0.0222. The number of aromatic nitrogens is 5. The second kappa shape index (κ2) is 12.4. The Morgan fingerprint density at radius 3 is 1.74 bits per heavy atom. The smallest absolute Gasteiger partial charge is 0.166 e. The molecule has 9 rings (SSSR count). The molecule has 0 saturated carbocycles. The molecule has 0 unspecified atom stereocenters. The third-order valence-electron chi connectivity index (χ3n) is 9.20. The van der Waals surface area contributed by atoms with Crippen LogP contribution in [0.15, 0.2) is 170 Å². The van der Waals surface area contributed by atoms with Crippen molar-refractivity contribution in [1.82, 2.24) is 24.5 Å². The lowest BCUT2D eigenvalue weighted by molar-refractivity contribution is 1.06. The van der Waals surface area contributed by atoms with Gasteiger partial charge in [-0.3, -0.25) is 4.98 Å². The minimum absolute atomic E-state index is 0.598. The SMILES string of the molecule is Cc1cccc(-c2ccc3c(c2)c2ccccc2n3-c2ccc(-c3cccnc3)cc2-c2nc(-c3ccccc3)nc(-c3ccccc3)n2)c1. The summed E-state index contributed by atoms with van der Waals surface area (Å²) in [6, 6.07) is 54.9. The zero-order chi connectivity index (χ0) is 33.4. The largest absolute Gasteiger partial charge is 0.309 e. The Morgan fingerprint density at radius 2 is 1.02 bits per heavy atom.